The summed E-state index contributed by atoms with van der Waals surface area (Å²) in [5.41, 5.74) is 1.49. The van der Waals surface area contributed by atoms with Gasteiger partial charge in [-0.05, 0) is 42.0 Å². The minimum absolute atomic E-state index is 0.205. The van der Waals surface area contributed by atoms with Gasteiger partial charge in [0.25, 0.3) is 0 Å². The Labute approximate surface area is 128 Å². The molecule has 1 fully saturated rings. The van der Waals surface area contributed by atoms with Gasteiger partial charge in [-0.1, -0.05) is 12.1 Å². The number of tetrazole rings is 1. The summed E-state index contributed by atoms with van der Waals surface area (Å²) < 4.78 is 20.0. The van der Waals surface area contributed by atoms with E-state index in [1.165, 1.54) is 0 Å². The molecule has 2 heterocycles. The third-order valence-corrected chi connectivity index (χ3v) is 3.73. The third-order valence-electron chi connectivity index (χ3n) is 3.73. The normalized spacial score (nSPS) is 22.9. The highest BCUT2D eigenvalue weighted by molar-refractivity contribution is 5.34. The van der Waals surface area contributed by atoms with Crippen LogP contribution in [-0.4, -0.2) is 50.4 Å². The van der Waals surface area contributed by atoms with E-state index in [1.807, 2.05) is 12.1 Å². The Hall–Kier alpha value is -1.86. The first-order valence-electron chi connectivity index (χ1n) is 7.46. The standard InChI is InChI=1S/C15H20FN5O/c1-11-8-20(9-12(2)22-11)10-15-17-18-19-21(15)14-5-3-13(7-16)4-6-14/h3-6,11-12H,7-10H2,1-2H3/t11-,12+. The highest BCUT2D eigenvalue weighted by Crippen LogP contribution is 2.15. The van der Waals surface area contributed by atoms with Gasteiger partial charge in [-0.2, -0.15) is 4.68 Å². The minimum atomic E-state index is -0.466. The van der Waals surface area contributed by atoms with Gasteiger partial charge < -0.3 is 4.74 Å². The lowest BCUT2D eigenvalue weighted by molar-refractivity contribution is -0.0712. The Balaban J connectivity index is 1.76. The van der Waals surface area contributed by atoms with E-state index in [0.717, 1.165) is 24.6 Å². The summed E-state index contributed by atoms with van der Waals surface area (Å²) in [5, 5.41) is 11.9. The van der Waals surface area contributed by atoms with Gasteiger partial charge in [0.2, 0.25) is 0 Å². The van der Waals surface area contributed by atoms with Crippen LogP contribution in [0.4, 0.5) is 4.39 Å². The van der Waals surface area contributed by atoms with Crippen molar-refractivity contribution in [2.75, 3.05) is 13.1 Å². The van der Waals surface area contributed by atoms with Gasteiger partial charge in [0.1, 0.15) is 6.67 Å². The molecule has 2 atom stereocenters. The van der Waals surface area contributed by atoms with Crippen LogP contribution in [0.5, 0.6) is 0 Å². The molecule has 0 aliphatic carbocycles. The third kappa shape index (κ3) is 3.31. The average Bonchev–Trinajstić information content (AvgIpc) is 2.94. The van der Waals surface area contributed by atoms with Crippen LogP contribution < -0.4 is 0 Å². The predicted octanol–water partition coefficient (Wildman–Crippen LogP) is 1.74. The highest BCUT2D eigenvalue weighted by Gasteiger charge is 2.24. The molecule has 7 heteroatoms. The second-order valence-electron chi connectivity index (χ2n) is 5.76. The van der Waals surface area contributed by atoms with E-state index in [-0.39, 0.29) is 12.2 Å². The van der Waals surface area contributed by atoms with Crippen molar-refractivity contribution in [3.05, 3.63) is 35.7 Å². The van der Waals surface area contributed by atoms with Crippen LogP contribution >= 0.6 is 0 Å². The number of halogens is 1. The van der Waals surface area contributed by atoms with E-state index in [9.17, 15) is 4.39 Å². The SMILES string of the molecule is C[C@@H]1CN(Cc2nnnn2-c2ccc(CF)cc2)C[C@H](C)O1. The number of morpholine rings is 1. The number of hydrogen-bond acceptors (Lipinski definition) is 5. The van der Waals surface area contributed by atoms with Gasteiger partial charge in [0.15, 0.2) is 5.82 Å². The molecule has 0 spiro atoms. The molecule has 0 bridgehead atoms. The quantitative estimate of drug-likeness (QED) is 0.861. The molecule has 1 aromatic heterocycles. The first-order chi connectivity index (χ1) is 10.7. The largest absolute Gasteiger partial charge is 0.373 e. The Morgan fingerprint density at radius 1 is 1.18 bits per heavy atom. The van der Waals surface area contributed by atoms with Crippen LogP contribution in [0.1, 0.15) is 25.2 Å². The molecule has 118 valence electrons. The van der Waals surface area contributed by atoms with Gasteiger partial charge in [-0.3, -0.25) is 4.90 Å². The lowest BCUT2D eigenvalue weighted by Crippen LogP contribution is -2.45. The van der Waals surface area contributed by atoms with Crippen LogP contribution in [0.2, 0.25) is 0 Å². The smallest absolute Gasteiger partial charge is 0.170 e. The summed E-state index contributed by atoms with van der Waals surface area (Å²) in [7, 11) is 0. The van der Waals surface area contributed by atoms with Gasteiger partial charge in [0, 0.05) is 13.1 Å². The van der Waals surface area contributed by atoms with Crippen LogP contribution in [-0.2, 0) is 18.0 Å². The molecule has 22 heavy (non-hydrogen) atoms. The van der Waals surface area contributed by atoms with Crippen LogP contribution in [0, 0.1) is 0 Å². The number of ether oxygens (including phenoxy) is 1. The Kier molecular flexibility index (Phi) is 4.44. The Morgan fingerprint density at radius 2 is 1.86 bits per heavy atom. The molecule has 1 aliphatic rings. The van der Waals surface area contributed by atoms with Crippen molar-refractivity contribution < 1.29 is 9.13 Å². The van der Waals surface area contributed by atoms with Gasteiger partial charge in [-0.15, -0.1) is 5.10 Å². The number of alkyl halides is 1. The highest BCUT2D eigenvalue weighted by atomic mass is 19.1. The zero-order chi connectivity index (χ0) is 15.5. The topological polar surface area (TPSA) is 56.1 Å². The number of aromatic nitrogens is 4. The van der Waals surface area contributed by atoms with E-state index >= 15 is 0 Å². The second-order valence-corrected chi connectivity index (χ2v) is 5.76. The summed E-state index contributed by atoms with van der Waals surface area (Å²) in [6, 6.07) is 7.16. The average molecular weight is 305 g/mol. The number of nitrogens with zero attached hydrogens (tertiary/aromatic N) is 5. The first-order valence-corrected chi connectivity index (χ1v) is 7.46. The zero-order valence-corrected chi connectivity index (χ0v) is 12.8. The monoisotopic (exact) mass is 305 g/mol. The van der Waals surface area contributed by atoms with Crippen molar-refractivity contribution >= 4 is 0 Å². The molecule has 1 saturated heterocycles. The Bertz CT molecular complexity index is 605. The zero-order valence-electron chi connectivity index (χ0n) is 12.8. The molecule has 6 nitrogen and oxygen atoms in total. The van der Waals surface area contributed by atoms with E-state index in [1.54, 1.807) is 16.8 Å². The lowest BCUT2D eigenvalue weighted by atomic mass is 10.2. The van der Waals surface area contributed by atoms with E-state index in [4.69, 9.17) is 4.74 Å². The molecular formula is C15H20FN5O. The molecule has 3 rings (SSSR count). The molecule has 0 saturated carbocycles. The van der Waals surface area contributed by atoms with E-state index < -0.39 is 6.67 Å². The maximum atomic E-state index is 12.6. The Morgan fingerprint density at radius 3 is 2.50 bits per heavy atom. The second kappa shape index (κ2) is 6.50. The van der Waals surface area contributed by atoms with Crippen molar-refractivity contribution in [2.24, 2.45) is 0 Å². The summed E-state index contributed by atoms with van der Waals surface area (Å²) in [5.74, 6) is 0.772. The maximum absolute atomic E-state index is 12.6. The fourth-order valence-corrected chi connectivity index (χ4v) is 2.84. The fraction of sp³-hybridized carbons (Fsp3) is 0.533. The number of rotatable bonds is 4. The molecular weight excluding hydrogens is 285 g/mol. The maximum Gasteiger partial charge on any atom is 0.170 e. The van der Waals surface area contributed by atoms with Crippen molar-refractivity contribution in [1.82, 2.24) is 25.1 Å². The van der Waals surface area contributed by atoms with Crippen molar-refractivity contribution in [3.8, 4) is 5.69 Å². The van der Waals surface area contributed by atoms with Crippen molar-refractivity contribution in [1.29, 1.82) is 0 Å². The fourth-order valence-electron chi connectivity index (χ4n) is 2.84. The minimum Gasteiger partial charge on any atom is -0.373 e. The lowest BCUT2D eigenvalue weighted by Gasteiger charge is -2.34. The van der Waals surface area contributed by atoms with Crippen molar-refractivity contribution in [3.63, 3.8) is 0 Å². The summed E-state index contributed by atoms with van der Waals surface area (Å²) in [4.78, 5) is 2.29. The van der Waals surface area contributed by atoms with Crippen LogP contribution in [0.25, 0.3) is 5.69 Å². The van der Waals surface area contributed by atoms with Crippen LogP contribution in [0.15, 0.2) is 24.3 Å². The van der Waals surface area contributed by atoms with Gasteiger partial charge >= 0.3 is 0 Å². The van der Waals surface area contributed by atoms with Crippen LogP contribution in [0.3, 0.4) is 0 Å². The first kappa shape index (κ1) is 15.1. The van der Waals surface area contributed by atoms with Gasteiger partial charge in [0.05, 0.1) is 24.4 Å². The van der Waals surface area contributed by atoms with Crippen molar-refractivity contribution in [2.45, 2.75) is 39.3 Å². The molecule has 1 aliphatic heterocycles. The summed E-state index contributed by atoms with van der Waals surface area (Å²) in [6.45, 7) is 6.06. The van der Waals surface area contributed by atoms with E-state index in [0.29, 0.717) is 12.1 Å². The number of benzene rings is 1. The molecule has 0 unspecified atom stereocenters. The molecule has 0 N–H and O–H groups in total. The number of hydrogen-bond donors (Lipinski definition) is 0. The summed E-state index contributed by atoms with van der Waals surface area (Å²) in [6.07, 6.45) is 0.411. The predicted molar refractivity (Wildman–Crippen MR) is 79.3 cm³/mol. The molecule has 1 aromatic carbocycles. The van der Waals surface area contributed by atoms with E-state index in [2.05, 4.69) is 34.3 Å². The summed E-state index contributed by atoms with van der Waals surface area (Å²) >= 11 is 0. The molecule has 2 aromatic rings. The molecule has 0 radical (unpaired) electrons. The van der Waals surface area contributed by atoms with Gasteiger partial charge in [-0.25, -0.2) is 4.39 Å². The molecule has 0 amide bonds.